The van der Waals surface area contributed by atoms with E-state index in [1.54, 1.807) is 28.4 Å². The smallest absolute Gasteiger partial charge is 0.233 e. The molecule has 1 aliphatic heterocycles. The maximum atomic E-state index is 13.2. The lowest BCUT2D eigenvalue weighted by molar-refractivity contribution is -0.118. The van der Waals surface area contributed by atoms with Crippen molar-refractivity contribution < 1.29 is 13.9 Å². The van der Waals surface area contributed by atoms with Gasteiger partial charge < -0.3 is 4.74 Å². The van der Waals surface area contributed by atoms with Gasteiger partial charge in [-0.25, -0.2) is 9.37 Å². The molecule has 4 nitrogen and oxygen atoms in total. The van der Waals surface area contributed by atoms with Crippen LogP contribution in [0.2, 0.25) is 0 Å². The number of ether oxygens (including phenoxy) is 1. The zero-order valence-corrected chi connectivity index (χ0v) is 17.5. The third-order valence-electron chi connectivity index (χ3n) is 5.27. The van der Waals surface area contributed by atoms with Gasteiger partial charge in [0.15, 0.2) is 5.13 Å². The Balaban J connectivity index is 1.66. The Bertz CT molecular complexity index is 994. The van der Waals surface area contributed by atoms with E-state index < -0.39 is 0 Å². The Morgan fingerprint density at radius 3 is 2.76 bits per heavy atom. The summed E-state index contributed by atoms with van der Waals surface area (Å²) in [6.07, 6.45) is 2.20. The number of carbonyl (C=O) groups is 1. The van der Waals surface area contributed by atoms with Crippen LogP contribution in [-0.2, 0) is 16.0 Å². The Labute approximate surface area is 174 Å². The molecule has 0 saturated carbocycles. The molecule has 0 radical (unpaired) electrons. The number of anilines is 1. The monoisotopic (exact) mass is 412 g/mol. The first-order valence-electron chi connectivity index (χ1n) is 10.1. The van der Waals surface area contributed by atoms with Crippen LogP contribution in [-0.4, -0.2) is 30.1 Å². The van der Waals surface area contributed by atoms with E-state index in [4.69, 9.17) is 9.72 Å². The van der Waals surface area contributed by atoms with Crippen LogP contribution in [0.25, 0.3) is 10.2 Å². The highest BCUT2D eigenvalue weighted by atomic mass is 32.1. The second-order valence-electron chi connectivity index (χ2n) is 7.79. The van der Waals surface area contributed by atoms with Crippen LogP contribution in [0.1, 0.15) is 43.7 Å². The van der Waals surface area contributed by atoms with Crippen molar-refractivity contribution in [1.82, 2.24) is 4.98 Å². The van der Waals surface area contributed by atoms with Gasteiger partial charge in [0.25, 0.3) is 0 Å². The standard InChI is InChI=1S/C23H25FN2O2S/c1-15(2)19-6-3-7-20-22(19)25-23(29-20)26(14-18-5-4-12-28-18)21(27)13-16-8-10-17(24)11-9-16/h3,6-11,15,18H,4-5,12-14H2,1-2H3. The van der Waals surface area contributed by atoms with Gasteiger partial charge in [-0.2, -0.15) is 0 Å². The Morgan fingerprint density at radius 2 is 2.07 bits per heavy atom. The first-order valence-corrected chi connectivity index (χ1v) is 10.9. The van der Waals surface area contributed by atoms with Crippen molar-refractivity contribution in [3.8, 4) is 0 Å². The van der Waals surface area contributed by atoms with Gasteiger partial charge in [-0.3, -0.25) is 9.69 Å². The predicted molar refractivity (Wildman–Crippen MR) is 115 cm³/mol. The van der Waals surface area contributed by atoms with Gasteiger partial charge >= 0.3 is 0 Å². The minimum Gasteiger partial charge on any atom is -0.376 e. The zero-order chi connectivity index (χ0) is 20.4. The highest BCUT2D eigenvalue weighted by Gasteiger charge is 2.26. The van der Waals surface area contributed by atoms with Crippen molar-refractivity contribution in [2.45, 2.75) is 45.1 Å². The number of aromatic nitrogens is 1. The van der Waals surface area contributed by atoms with Gasteiger partial charge in [-0.15, -0.1) is 0 Å². The van der Waals surface area contributed by atoms with Crippen molar-refractivity contribution >= 4 is 32.6 Å². The van der Waals surface area contributed by atoms with Crippen LogP contribution in [0.4, 0.5) is 9.52 Å². The maximum Gasteiger partial charge on any atom is 0.233 e. The van der Waals surface area contributed by atoms with Crippen molar-refractivity contribution in [3.63, 3.8) is 0 Å². The predicted octanol–water partition coefficient (Wildman–Crippen LogP) is 5.31. The van der Waals surface area contributed by atoms with E-state index in [2.05, 4.69) is 26.0 Å². The number of carbonyl (C=O) groups excluding carboxylic acids is 1. The molecule has 2 heterocycles. The van der Waals surface area contributed by atoms with Crippen LogP contribution in [0, 0.1) is 5.82 Å². The summed E-state index contributed by atoms with van der Waals surface area (Å²) in [4.78, 5) is 19.8. The summed E-state index contributed by atoms with van der Waals surface area (Å²) in [6, 6.07) is 12.3. The molecule has 2 aromatic carbocycles. The minimum absolute atomic E-state index is 0.0312. The second kappa shape index (κ2) is 8.59. The molecule has 0 spiro atoms. The molecule has 0 aliphatic carbocycles. The lowest BCUT2D eigenvalue weighted by Gasteiger charge is -2.23. The lowest BCUT2D eigenvalue weighted by Crippen LogP contribution is -2.38. The third kappa shape index (κ3) is 4.49. The fraction of sp³-hybridized carbons (Fsp3) is 0.391. The van der Waals surface area contributed by atoms with Crippen LogP contribution in [0.5, 0.6) is 0 Å². The summed E-state index contributed by atoms with van der Waals surface area (Å²) in [5.74, 6) is 0.0113. The van der Waals surface area contributed by atoms with E-state index in [1.807, 2.05) is 6.07 Å². The fourth-order valence-electron chi connectivity index (χ4n) is 3.69. The summed E-state index contributed by atoms with van der Waals surface area (Å²) in [7, 11) is 0. The van der Waals surface area contributed by atoms with Crippen molar-refractivity contribution in [2.24, 2.45) is 0 Å². The first-order chi connectivity index (χ1) is 14.0. The van der Waals surface area contributed by atoms with E-state index in [1.165, 1.54) is 17.7 Å². The Hall–Kier alpha value is -2.31. The molecule has 1 aromatic heterocycles. The molecule has 1 saturated heterocycles. The Kier molecular flexibility index (Phi) is 5.92. The number of rotatable bonds is 6. The molecule has 0 N–H and O–H groups in total. The quantitative estimate of drug-likeness (QED) is 0.551. The second-order valence-corrected chi connectivity index (χ2v) is 8.80. The number of benzene rings is 2. The number of nitrogens with zero attached hydrogens (tertiary/aromatic N) is 2. The average molecular weight is 413 g/mol. The van der Waals surface area contributed by atoms with Crippen LogP contribution < -0.4 is 4.90 Å². The number of fused-ring (bicyclic) bond motifs is 1. The molecule has 4 rings (SSSR count). The van der Waals surface area contributed by atoms with Gasteiger partial charge in [0.2, 0.25) is 5.91 Å². The molecule has 152 valence electrons. The normalized spacial score (nSPS) is 16.6. The summed E-state index contributed by atoms with van der Waals surface area (Å²) < 4.78 is 20.1. The molecular formula is C23H25FN2O2S. The van der Waals surface area contributed by atoms with E-state index >= 15 is 0 Å². The van der Waals surface area contributed by atoms with Crippen molar-refractivity contribution in [1.29, 1.82) is 0 Å². The number of para-hydroxylation sites is 1. The Morgan fingerprint density at radius 1 is 1.28 bits per heavy atom. The molecule has 1 unspecified atom stereocenters. The largest absolute Gasteiger partial charge is 0.376 e. The highest BCUT2D eigenvalue weighted by molar-refractivity contribution is 7.22. The molecule has 1 fully saturated rings. The van der Waals surface area contributed by atoms with Gasteiger partial charge in [0.05, 0.1) is 29.3 Å². The number of halogens is 1. The van der Waals surface area contributed by atoms with Gasteiger partial charge in [-0.1, -0.05) is 49.4 Å². The van der Waals surface area contributed by atoms with E-state index in [-0.39, 0.29) is 24.2 Å². The number of thiazole rings is 1. The molecule has 6 heteroatoms. The molecule has 1 aliphatic rings. The zero-order valence-electron chi connectivity index (χ0n) is 16.7. The van der Waals surface area contributed by atoms with Crippen LogP contribution in [0.3, 0.4) is 0 Å². The van der Waals surface area contributed by atoms with Crippen molar-refractivity contribution in [3.05, 3.63) is 59.4 Å². The average Bonchev–Trinajstić information content (AvgIpc) is 3.36. The summed E-state index contributed by atoms with van der Waals surface area (Å²) in [5.41, 5.74) is 2.94. The number of amides is 1. The maximum absolute atomic E-state index is 13.2. The number of hydrogen-bond donors (Lipinski definition) is 0. The minimum atomic E-state index is -0.301. The molecular weight excluding hydrogens is 387 g/mol. The van der Waals surface area contributed by atoms with Crippen LogP contribution >= 0.6 is 11.3 Å². The van der Waals surface area contributed by atoms with Crippen LogP contribution in [0.15, 0.2) is 42.5 Å². The van der Waals surface area contributed by atoms with E-state index in [0.717, 1.165) is 35.2 Å². The molecule has 1 atom stereocenters. The van der Waals surface area contributed by atoms with Gasteiger partial charge in [0, 0.05) is 6.61 Å². The summed E-state index contributed by atoms with van der Waals surface area (Å²) >= 11 is 1.54. The molecule has 1 amide bonds. The third-order valence-corrected chi connectivity index (χ3v) is 6.32. The topological polar surface area (TPSA) is 42.4 Å². The summed E-state index contributed by atoms with van der Waals surface area (Å²) in [6.45, 7) is 5.54. The van der Waals surface area contributed by atoms with Crippen molar-refractivity contribution in [2.75, 3.05) is 18.1 Å². The highest BCUT2D eigenvalue weighted by Crippen LogP contribution is 2.34. The molecule has 29 heavy (non-hydrogen) atoms. The molecule has 3 aromatic rings. The first kappa shape index (κ1) is 20.0. The number of hydrogen-bond acceptors (Lipinski definition) is 4. The van der Waals surface area contributed by atoms with Gasteiger partial charge in [0.1, 0.15) is 5.82 Å². The SMILES string of the molecule is CC(C)c1cccc2sc(N(CC3CCCO3)C(=O)Cc3ccc(F)cc3)nc12. The van der Waals surface area contributed by atoms with Gasteiger partial charge in [-0.05, 0) is 48.1 Å². The van der Waals surface area contributed by atoms with E-state index in [0.29, 0.717) is 17.6 Å². The lowest BCUT2D eigenvalue weighted by atomic mass is 10.0. The molecule has 0 bridgehead atoms. The van der Waals surface area contributed by atoms with E-state index in [9.17, 15) is 9.18 Å². The summed E-state index contributed by atoms with van der Waals surface area (Å²) in [5, 5.41) is 0.704. The fourth-order valence-corrected chi connectivity index (χ4v) is 4.72.